The molecule has 1 unspecified atom stereocenters. The molecule has 1 aliphatic heterocycles. The number of amides is 2. The normalized spacial score (nSPS) is 15.9. The van der Waals surface area contributed by atoms with E-state index < -0.39 is 0 Å². The summed E-state index contributed by atoms with van der Waals surface area (Å²) in [6.07, 6.45) is 0.227. The highest BCUT2D eigenvalue weighted by Gasteiger charge is 2.36. The summed E-state index contributed by atoms with van der Waals surface area (Å²) in [6, 6.07) is 30.1. The van der Waals surface area contributed by atoms with Crippen LogP contribution < -0.4 is 10.3 Å². The Morgan fingerprint density at radius 1 is 0.935 bits per heavy atom. The monoisotopic (exact) mass is 413 g/mol. The number of hydrogen-bond donors (Lipinski definition) is 1. The largest absolute Gasteiger partial charge is 0.355 e. The van der Waals surface area contributed by atoms with E-state index in [1.54, 1.807) is 5.01 Å². The van der Waals surface area contributed by atoms with Crippen molar-refractivity contribution in [3.63, 3.8) is 0 Å². The van der Waals surface area contributed by atoms with Gasteiger partial charge in [0, 0.05) is 25.9 Å². The van der Waals surface area contributed by atoms with Crippen LogP contribution in [-0.2, 0) is 9.59 Å². The van der Waals surface area contributed by atoms with E-state index in [2.05, 4.69) is 29.6 Å². The molecule has 31 heavy (non-hydrogen) atoms. The predicted molar refractivity (Wildman–Crippen MR) is 122 cm³/mol. The van der Waals surface area contributed by atoms with Gasteiger partial charge in [0.15, 0.2) is 0 Å². The van der Waals surface area contributed by atoms with Crippen LogP contribution in [0.3, 0.4) is 0 Å². The highest BCUT2D eigenvalue weighted by atomic mass is 16.2. The summed E-state index contributed by atoms with van der Waals surface area (Å²) in [4.78, 5) is 25.5. The van der Waals surface area contributed by atoms with Crippen molar-refractivity contribution >= 4 is 17.5 Å². The van der Waals surface area contributed by atoms with Gasteiger partial charge in [0.1, 0.15) is 0 Å². The van der Waals surface area contributed by atoms with Gasteiger partial charge in [-0.2, -0.15) is 0 Å². The predicted octanol–water partition coefficient (Wildman–Crippen LogP) is 3.83. The Kier molecular flexibility index (Phi) is 6.32. The smallest absolute Gasteiger partial charge is 0.241 e. The molecule has 0 aliphatic carbocycles. The van der Waals surface area contributed by atoms with E-state index in [1.807, 2.05) is 78.8 Å². The molecule has 0 aromatic heterocycles. The van der Waals surface area contributed by atoms with E-state index in [0.29, 0.717) is 13.1 Å². The van der Waals surface area contributed by atoms with E-state index in [-0.39, 0.29) is 30.1 Å². The molecule has 0 spiro atoms. The molecule has 2 amide bonds. The fourth-order valence-corrected chi connectivity index (χ4v) is 4.09. The lowest BCUT2D eigenvalue weighted by atomic mass is 9.91. The van der Waals surface area contributed by atoms with Gasteiger partial charge in [0.05, 0.1) is 18.2 Å². The molecule has 1 heterocycles. The van der Waals surface area contributed by atoms with Crippen molar-refractivity contribution in [3.8, 4) is 0 Å². The Labute approximate surface area is 183 Å². The summed E-state index contributed by atoms with van der Waals surface area (Å²) in [7, 11) is 1.86. The number of rotatable bonds is 7. The fraction of sp³-hybridized carbons (Fsp3) is 0.231. The Balaban J connectivity index is 1.42. The molecule has 0 bridgehead atoms. The quantitative estimate of drug-likeness (QED) is 0.640. The van der Waals surface area contributed by atoms with Crippen molar-refractivity contribution in [2.45, 2.75) is 12.3 Å². The minimum Gasteiger partial charge on any atom is -0.355 e. The van der Waals surface area contributed by atoms with Crippen molar-refractivity contribution in [2.75, 3.05) is 25.1 Å². The van der Waals surface area contributed by atoms with Crippen LogP contribution in [0.4, 0.5) is 5.69 Å². The number of nitrogens with zero attached hydrogens (tertiary/aromatic N) is 2. The van der Waals surface area contributed by atoms with E-state index in [0.717, 1.165) is 16.8 Å². The zero-order valence-electron chi connectivity index (χ0n) is 17.6. The highest BCUT2D eigenvalue weighted by molar-refractivity contribution is 5.90. The molecular formula is C26H27N3O2. The highest BCUT2D eigenvalue weighted by Crippen LogP contribution is 2.26. The van der Waals surface area contributed by atoms with Crippen LogP contribution >= 0.6 is 0 Å². The van der Waals surface area contributed by atoms with Crippen molar-refractivity contribution < 1.29 is 9.59 Å². The SMILES string of the molecule is CN(c1ccccc1)N1CC(C(=O)NCC(c2ccccc2)c2ccccc2)CC1=O. The molecule has 1 atom stereocenters. The van der Waals surface area contributed by atoms with Gasteiger partial charge >= 0.3 is 0 Å². The van der Waals surface area contributed by atoms with E-state index >= 15 is 0 Å². The van der Waals surface area contributed by atoms with Crippen LogP contribution in [0, 0.1) is 5.92 Å². The van der Waals surface area contributed by atoms with E-state index in [9.17, 15) is 9.59 Å². The lowest BCUT2D eigenvalue weighted by Crippen LogP contribution is -2.42. The third kappa shape index (κ3) is 4.77. The summed E-state index contributed by atoms with van der Waals surface area (Å²) in [5.41, 5.74) is 3.23. The van der Waals surface area contributed by atoms with Crippen molar-refractivity contribution in [1.29, 1.82) is 0 Å². The first-order chi connectivity index (χ1) is 15.1. The molecule has 5 heteroatoms. The number of hydrogen-bond acceptors (Lipinski definition) is 3. The maximum atomic E-state index is 13.0. The van der Waals surface area contributed by atoms with E-state index in [4.69, 9.17) is 0 Å². The van der Waals surface area contributed by atoms with Crippen LogP contribution in [0.15, 0.2) is 91.0 Å². The third-order valence-corrected chi connectivity index (χ3v) is 5.85. The number of nitrogens with one attached hydrogen (secondary N) is 1. The molecule has 1 N–H and O–H groups in total. The number of carbonyl (C=O) groups is 2. The second-order valence-electron chi connectivity index (χ2n) is 7.86. The van der Waals surface area contributed by atoms with Crippen LogP contribution in [0.1, 0.15) is 23.5 Å². The van der Waals surface area contributed by atoms with Gasteiger partial charge in [-0.25, -0.2) is 0 Å². The van der Waals surface area contributed by atoms with Gasteiger partial charge in [-0.3, -0.25) is 19.6 Å². The fourth-order valence-electron chi connectivity index (χ4n) is 4.09. The summed E-state index contributed by atoms with van der Waals surface area (Å²) < 4.78 is 0. The number of carbonyl (C=O) groups excluding carboxylic acids is 2. The van der Waals surface area contributed by atoms with Crippen LogP contribution in [0.25, 0.3) is 0 Å². The number of benzene rings is 3. The third-order valence-electron chi connectivity index (χ3n) is 5.85. The first-order valence-electron chi connectivity index (χ1n) is 10.6. The van der Waals surface area contributed by atoms with Crippen molar-refractivity contribution in [1.82, 2.24) is 10.3 Å². The minimum atomic E-state index is -0.356. The lowest BCUT2D eigenvalue weighted by molar-refractivity contribution is -0.129. The maximum absolute atomic E-state index is 13.0. The first kappa shape index (κ1) is 20.7. The van der Waals surface area contributed by atoms with Crippen molar-refractivity contribution in [3.05, 3.63) is 102 Å². The van der Waals surface area contributed by atoms with E-state index in [1.165, 1.54) is 0 Å². The molecule has 1 aliphatic rings. The molecular weight excluding hydrogens is 386 g/mol. The zero-order chi connectivity index (χ0) is 21.6. The zero-order valence-corrected chi connectivity index (χ0v) is 17.6. The Morgan fingerprint density at radius 3 is 2.00 bits per heavy atom. The molecule has 1 saturated heterocycles. The Bertz CT molecular complexity index is 969. The van der Waals surface area contributed by atoms with Crippen LogP contribution in [0.2, 0.25) is 0 Å². The average Bonchev–Trinajstić information content (AvgIpc) is 3.22. The maximum Gasteiger partial charge on any atom is 0.241 e. The first-order valence-corrected chi connectivity index (χ1v) is 10.6. The number of para-hydroxylation sites is 1. The topological polar surface area (TPSA) is 52.6 Å². The van der Waals surface area contributed by atoms with Gasteiger partial charge in [-0.05, 0) is 23.3 Å². The van der Waals surface area contributed by atoms with Gasteiger partial charge in [0.2, 0.25) is 11.8 Å². The summed E-state index contributed by atoms with van der Waals surface area (Å²) >= 11 is 0. The second-order valence-corrected chi connectivity index (χ2v) is 7.86. The van der Waals surface area contributed by atoms with Crippen LogP contribution in [0.5, 0.6) is 0 Å². The molecule has 3 aromatic carbocycles. The van der Waals surface area contributed by atoms with Gasteiger partial charge in [0.25, 0.3) is 0 Å². The van der Waals surface area contributed by atoms with Gasteiger partial charge < -0.3 is 5.32 Å². The van der Waals surface area contributed by atoms with Gasteiger partial charge in [-0.1, -0.05) is 78.9 Å². The minimum absolute atomic E-state index is 0.0332. The molecule has 5 nitrogen and oxygen atoms in total. The standard InChI is InChI=1S/C26H27N3O2/c1-28(23-15-9-4-10-16-23)29-19-22(17-25(29)30)26(31)27-18-24(20-11-5-2-6-12-20)21-13-7-3-8-14-21/h2-16,22,24H,17-19H2,1H3,(H,27,31). The Hall–Kier alpha value is -3.60. The summed E-state index contributed by atoms with van der Waals surface area (Å²) in [6.45, 7) is 0.878. The molecule has 4 rings (SSSR count). The average molecular weight is 414 g/mol. The van der Waals surface area contributed by atoms with Crippen LogP contribution in [-0.4, -0.2) is 37.0 Å². The summed E-state index contributed by atoms with van der Waals surface area (Å²) in [5.74, 6) is -0.402. The molecule has 3 aromatic rings. The molecule has 1 fully saturated rings. The second kappa shape index (κ2) is 9.47. The Morgan fingerprint density at radius 2 is 1.45 bits per heavy atom. The molecule has 158 valence electrons. The molecule has 0 radical (unpaired) electrons. The molecule has 0 saturated carbocycles. The number of hydrazine groups is 1. The lowest BCUT2D eigenvalue weighted by Gasteiger charge is -2.30. The number of anilines is 1. The van der Waals surface area contributed by atoms with Crippen molar-refractivity contribution in [2.24, 2.45) is 5.92 Å². The van der Waals surface area contributed by atoms with Gasteiger partial charge in [-0.15, -0.1) is 0 Å². The summed E-state index contributed by atoms with van der Waals surface area (Å²) in [5, 5.41) is 6.59.